The monoisotopic (exact) mass is 181 g/mol. The SMILES string of the molecule is CCCOc1ccnc(NCC)n1. The number of ether oxygens (including phenoxy) is 1. The lowest BCUT2D eigenvalue weighted by atomic mass is 10.5. The minimum Gasteiger partial charge on any atom is -0.478 e. The molecule has 0 radical (unpaired) electrons. The van der Waals surface area contributed by atoms with E-state index in [0.29, 0.717) is 18.4 Å². The van der Waals surface area contributed by atoms with E-state index in [2.05, 4.69) is 22.2 Å². The number of nitrogens with one attached hydrogen (secondary N) is 1. The Labute approximate surface area is 78.4 Å². The van der Waals surface area contributed by atoms with Gasteiger partial charge in [-0.05, 0) is 13.3 Å². The van der Waals surface area contributed by atoms with Crippen LogP contribution in [0.1, 0.15) is 20.3 Å². The molecule has 0 saturated carbocycles. The highest BCUT2D eigenvalue weighted by Crippen LogP contribution is 2.07. The maximum absolute atomic E-state index is 5.35. The summed E-state index contributed by atoms with van der Waals surface area (Å²) in [6.07, 6.45) is 2.68. The zero-order chi connectivity index (χ0) is 9.52. The van der Waals surface area contributed by atoms with Gasteiger partial charge in [-0.1, -0.05) is 6.92 Å². The molecular formula is C9H15N3O. The molecule has 0 unspecified atom stereocenters. The molecule has 4 nitrogen and oxygen atoms in total. The summed E-state index contributed by atoms with van der Waals surface area (Å²) < 4.78 is 5.35. The maximum Gasteiger partial charge on any atom is 0.225 e. The smallest absolute Gasteiger partial charge is 0.225 e. The van der Waals surface area contributed by atoms with Crippen LogP contribution in [0.25, 0.3) is 0 Å². The first-order valence-corrected chi connectivity index (χ1v) is 4.56. The van der Waals surface area contributed by atoms with Crippen molar-refractivity contribution in [3.63, 3.8) is 0 Å². The van der Waals surface area contributed by atoms with Crippen molar-refractivity contribution >= 4 is 5.95 Å². The predicted octanol–water partition coefficient (Wildman–Crippen LogP) is 1.70. The topological polar surface area (TPSA) is 47.0 Å². The van der Waals surface area contributed by atoms with Gasteiger partial charge in [0.05, 0.1) is 6.61 Å². The van der Waals surface area contributed by atoms with Gasteiger partial charge in [0, 0.05) is 18.8 Å². The van der Waals surface area contributed by atoms with Crippen molar-refractivity contribution in [2.75, 3.05) is 18.5 Å². The largest absolute Gasteiger partial charge is 0.478 e. The molecule has 72 valence electrons. The van der Waals surface area contributed by atoms with Crippen LogP contribution in [0, 0.1) is 0 Å². The molecular weight excluding hydrogens is 166 g/mol. The Bertz CT molecular complexity index is 252. The van der Waals surface area contributed by atoms with Gasteiger partial charge in [0.2, 0.25) is 11.8 Å². The molecule has 0 aliphatic heterocycles. The molecule has 4 heteroatoms. The number of hydrogen-bond donors (Lipinski definition) is 1. The average molecular weight is 181 g/mol. The summed E-state index contributed by atoms with van der Waals surface area (Å²) in [7, 11) is 0. The van der Waals surface area contributed by atoms with Crippen LogP contribution in [-0.2, 0) is 0 Å². The van der Waals surface area contributed by atoms with E-state index in [-0.39, 0.29) is 0 Å². The lowest BCUT2D eigenvalue weighted by Gasteiger charge is -2.04. The van der Waals surface area contributed by atoms with E-state index >= 15 is 0 Å². The predicted molar refractivity (Wildman–Crippen MR) is 52.0 cm³/mol. The van der Waals surface area contributed by atoms with Crippen LogP contribution in [0.15, 0.2) is 12.3 Å². The number of nitrogens with zero attached hydrogens (tertiary/aromatic N) is 2. The van der Waals surface area contributed by atoms with Crippen molar-refractivity contribution in [2.45, 2.75) is 20.3 Å². The van der Waals surface area contributed by atoms with Crippen molar-refractivity contribution < 1.29 is 4.74 Å². The molecule has 0 spiro atoms. The summed E-state index contributed by atoms with van der Waals surface area (Å²) in [6, 6.07) is 1.76. The summed E-state index contributed by atoms with van der Waals surface area (Å²) in [5.41, 5.74) is 0. The van der Waals surface area contributed by atoms with Gasteiger partial charge in [-0.15, -0.1) is 0 Å². The van der Waals surface area contributed by atoms with Crippen molar-refractivity contribution in [1.82, 2.24) is 9.97 Å². The lowest BCUT2D eigenvalue weighted by Crippen LogP contribution is -2.04. The fourth-order valence-corrected chi connectivity index (χ4v) is 0.872. The van der Waals surface area contributed by atoms with Crippen molar-refractivity contribution in [1.29, 1.82) is 0 Å². The van der Waals surface area contributed by atoms with Gasteiger partial charge in [-0.25, -0.2) is 4.98 Å². The molecule has 0 aliphatic rings. The second kappa shape index (κ2) is 5.35. The van der Waals surface area contributed by atoms with Crippen molar-refractivity contribution in [3.8, 4) is 5.88 Å². The van der Waals surface area contributed by atoms with Gasteiger partial charge in [0.1, 0.15) is 0 Å². The molecule has 1 aromatic heterocycles. The quantitative estimate of drug-likeness (QED) is 0.751. The third-order valence-electron chi connectivity index (χ3n) is 1.42. The molecule has 0 aromatic carbocycles. The van der Waals surface area contributed by atoms with Crippen LogP contribution < -0.4 is 10.1 Å². The van der Waals surface area contributed by atoms with Gasteiger partial charge in [-0.2, -0.15) is 4.98 Å². The van der Waals surface area contributed by atoms with E-state index < -0.39 is 0 Å². The lowest BCUT2D eigenvalue weighted by molar-refractivity contribution is 0.305. The zero-order valence-corrected chi connectivity index (χ0v) is 8.08. The van der Waals surface area contributed by atoms with E-state index in [1.54, 1.807) is 12.3 Å². The molecule has 1 heterocycles. The third-order valence-corrected chi connectivity index (χ3v) is 1.42. The number of hydrogen-bond acceptors (Lipinski definition) is 4. The summed E-state index contributed by atoms with van der Waals surface area (Å²) in [5.74, 6) is 1.25. The second-order valence-electron chi connectivity index (χ2n) is 2.60. The van der Waals surface area contributed by atoms with E-state index in [9.17, 15) is 0 Å². The van der Waals surface area contributed by atoms with E-state index in [1.165, 1.54) is 0 Å². The molecule has 1 N–H and O–H groups in total. The van der Waals surface area contributed by atoms with Gasteiger partial charge >= 0.3 is 0 Å². The van der Waals surface area contributed by atoms with Gasteiger partial charge in [0.25, 0.3) is 0 Å². The first-order chi connectivity index (χ1) is 6.36. The Morgan fingerprint density at radius 1 is 1.46 bits per heavy atom. The van der Waals surface area contributed by atoms with E-state index in [1.807, 2.05) is 6.92 Å². The zero-order valence-electron chi connectivity index (χ0n) is 8.08. The van der Waals surface area contributed by atoms with E-state index in [4.69, 9.17) is 4.74 Å². The Morgan fingerprint density at radius 2 is 2.31 bits per heavy atom. The number of aromatic nitrogens is 2. The normalized spacial score (nSPS) is 9.69. The standard InChI is InChI=1S/C9H15N3O/c1-3-7-13-8-5-6-11-9(12-8)10-4-2/h5-6H,3-4,7H2,1-2H3,(H,10,11,12). The summed E-state index contributed by atoms with van der Waals surface area (Å²) in [6.45, 7) is 5.58. The van der Waals surface area contributed by atoms with Gasteiger partial charge in [-0.3, -0.25) is 0 Å². The summed E-state index contributed by atoms with van der Waals surface area (Å²) in [5, 5.41) is 3.02. The fraction of sp³-hybridized carbons (Fsp3) is 0.556. The number of rotatable bonds is 5. The van der Waals surface area contributed by atoms with Crippen molar-refractivity contribution in [2.24, 2.45) is 0 Å². The molecule has 13 heavy (non-hydrogen) atoms. The highest BCUT2D eigenvalue weighted by atomic mass is 16.5. The molecule has 1 aromatic rings. The van der Waals surface area contributed by atoms with Gasteiger partial charge < -0.3 is 10.1 Å². The molecule has 1 rings (SSSR count). The van der Waals surface area contributed by atoms with Crippen LogP contribution in [0.4, 0.5) is 5.95 Å². The first kappa shape index (κ1) is 9.77. The third kappa shape index (κ3) is 3.27. The van der Waals surface area contributed by atoms with Crippen LogP contribution in [0.3, 0.4) is 0 Å². The summed E-state index contributed by atoms with van der Waals surface area (Å²) >= 11 is 0. The minimum atomic E-state index is 0.621. The Kier molecular flexibility index (Phi) is 4.02. The Morgan fingerprint density at radius 3 is 3.00 bits per heavy atom. The average Bonchev–Trinajstić information content (AvgIpc) is 2.16. The molecule has 0 fully saturated rings. The molecule has 0 aliphatic carbocycles. The summed E-state index contributed by atoms with van der Waals surface area (Å²) in [4.78, 5) is 8.19. The second-order valence-corrected chi connectivity index (χ2v) is 2.60. The highest BCUT2D eigenvalue weighted by molar-refractivity contribution is 5.26. The Hall–Kier alpha value is -1.32. The molecule has 0 bridgehead atoms. The highest BCUT2D eigenvalue weighted by Gasteiger charge is 1.97. The van der Waals surface area contributed by atoms with Crippen LogP contribution in [0.5, 0.6) is 5.88 Å². The maximum atomic E-state index is 5.35. The first-order valence-electron chi connectivity index (χ1n) is 4.56. The van der Waals surface area contributed by atoms with Crippen LogP contribution >= 0.6 is 0 Å². The number of anilines is 1. The van der Waals surface area contributed by atoms with Crippen LogP contribution in [-0.4, -0.2) is 23.1 Å². The molecule has 0 saturated heterocycles. The van der Waals surface area contributed by atoms with Crippen molar-refractivity contribution in [3.05, 3.63) is 12.3 Å². The van der Waals surface area contributed by atoms with Gasteiger partial charge in [0.15, 0.2) is 0 Å². The molecule has 0 atom stereocenters. The Balaban J connectivity index is 2.56. The van der Waals surface area contributed by atoms with E-state index in [0.717, 1.165) is 13.0 Å². The fourth-order valence-electron chi connectivity index (χ4n) is 0.872. The minimum absolute atomic E-state index is 0.621. The van der Waals surface area contributed by atoms with Crippen LogP contribution in [0.2, 0.25) is 0 Å². The molecule has 0 amide bonds.